The molecule has 1 aromatic carbocycles. The van der Waals surface area contributed by atoms with E-state index in [9.17, 15) is 5.11 Å². The molecule has 7 heteroatoms. The summed E-state index contributed by atoms with van der Waals surface area (Å²) >= 11 is 7.53. The molecule has 24 heavy (non-hydrogen) atoms. The minimum atomic E-state index is -0.469. The summed E-state index contributed by atoms with van der Waals surface area (Å²) < 4.78 is 5.60. The lowest BCUT2D eigenvalue weighted by molar-refractivity contribution is 0.00914. The predicted molar refractivity (Wildman–Crippen MR) is 97.9 cm³/mol. The number of ether oxygens (including phenoxy) is 1. The van der Waals surface area contributed by atoms with Gasteiger partial charge >= 0.3 is 0 Å². The quantitative estimate of drug-likeness (QED) is 0.814. The molecular formula is C17H22ClN3O2S. The largest absolute Gasteiger partial charge is 0.389 e. The number of hydrogen-bond acceptors (Lipinski definition) is 6. The smallest absolute Gasteiger partial charge is 0.185 e. The van der Waals surface area contributed by atoms with Gasteiger partial charge in [-0.3, -0.25) is 4.90 Å². The number of hydrogen-bond donors (Lipinski definition) is 1. The number of aromatic nitrogens is 1. The van der Waals surface area contributed by atoms with Crippen LogP contribution in [0.1, 0.15) is 5.56 Å². The number of β-amino-alcohol motifs (C(OH)–C–C–N with tert-alkyl or cyclic N) is 1. The van der Waals surface area contributed by atoms with Gasteiger partial charge in [-0.1, -0.05) is 23.7 Å². The molecule has 0 saturated carbocycles. The molecule has 1 N–H and O–H groups in total. The first-order chi connectivity index (χ1) is 11.7. The van der Waals surface area contributed by atoms with E-state index in [4.69, 9.17) is 16.3 Å². The molecule has 0 aliphatic carbocycles. The second-order valence-corrected chi connectivity index (χ2v) is 7.21. The summed E-state index contributed by atoms with van der Waals surface area (Å²) in [6, 6.07) is 7.57. The Morgan fingerprint density at radius 3 is 2.62 bits per heavy atom. The number of benzene rings is 1. The molecular weight excluding hydrogens is 346 g/mol. The fraction of sp³-hybridized carbons (Fsp3) is 0.471. The van der Waals surface area contributed by atoms with Gasteiger partial charge < -0.3 is 14.7 Å². The molecule has 0 spiro atoms. The third-order valence-corrected chi connectivity index (χ3v) is 5.11. The van der Waals surface area contributed by atoms with Gasteiger partial charge in [-0.15, -0.1) is 11.3 Å². The molecule has 2 heterocycles. The highest BCUT2D eigenvalue weighted by molar-refractivity contribution is 7.13. The first-order valence-electron chi connectivity index (χ1n) is 8.08. The molecule has 130 valence electrons. The fourth-order valence-corrected chi connectivity index (χ4v) is 3.56. The van der Waals surface area contributed by atoms with Gasteiger partial charge in [-0.25, -0.2) is 4.98 Å². The Hall–Kier alpha value is -1.18. The van der Waals surface area contributed by atoms with E-state index >= 15 is 0 Å². The number of anilines is 1. The van der Waals surface area contributed by atoms with Crippen LogP contribution in [0.15, 0.2) is 35.8 Å². The van der Waals surface area contributed by atoms with Crippen molar-refractivity contribution < 1.29 is 9.84 Å². The SMILES string of the molecule is OC(COCc1ccc(Cl)cc1)CN1CCN(c2nccs2)CC1. The first kappa shape index (κ1) is 17.6. The number of rotatable bonds is 7. The van der Waals surface area contributed by atoms with Gasteiger partial charge in [-0.05, 0) is 17.7 Å². The second-order valence-electron chi connectivity index (χ2n) is 5.90. The predicted octanol–water partition coefficient (Wildman–Crippen LogP) is 2.50. The molecule has 1 saturated heterocycles. The second kappa shape index (κ2) is 8.78. The Morgan fingerprint density at radius 2 is 1.96 bits per heavy atom. The van der Waals surface area contributed by atoms with Crippen LogP contribution in [-0.4, -0.2) is 60.4 Å². The molecule has 2 aromatic rings. The normalized spacial score (nSPS) is 17.2. The maximum atomic E-state index is 10.2. The summed E-state index contributed by atoms with van der Waals surface area (Å²) in [4.78, 5) is 8.92. The number of thiazole rings is 1. The van der Waals surface area contributed by atoms with Crippen molar-refractivity contribution in [2.24, 2.45) is 0 Å². The summed E-state index contributed by atoms with van der Waals surface area (Å²) in [6.45, 7) is 5.26. The molecule has 1 unspecified atom stereocenters. The zero-order valence-corrected chi connectivity index (χ0v) is 15.0. The van der Waals surface area contributed by atoms with Crippen molar-refractivity contribution in [2.45, 2.75) is 12.7 Å². The molecule has 0 amide bonds. The summed E-state index contributed by atoms with van der Waals surface area (Å²) in [7, 11) is 0. The summed E-state index contributed by atoms with van der Waals surface area (Å²) in [5.74, 6) is 0. The van der Waals surface area contributed by atoms with Crippen molar-refractivity contribution in [1.82, 2.24) is 9.88 Å². The molecule has 5 nitrogen and oxygen atoms in total. The van der Waals surface area contributed by atoms with Crippen LogP contribution in [-0.2, 0) is 11.3 Å². The van der Waals surface area contributed by atoms with E-state index in [0.717, 1.165) is 41.9 Å². The Morgan fingerprint density at radius 1 is 1.21 bits per heavy atom. The van der Waals surface area contributed by atoms with E-state index in [0.29, 0.717) is 19.8 Å². The topological polar surface area (TPSA) is 48.8 Å². The van der Waals surface area contributed by atoms with Gasteiger partial charge in [0.2, 0.25) is 0 Å². The van der Waals surface area contributed by atoms with Gasteiger partial charge in [0.25, 0.3) is 0 Å². The number of piperazine rings is 1. The maximum Gasteiger partial charge on any atom is 0.185 e. The van der Waals surface area contributed by atoms with Crippen LogP contribution in [0.5, 0.6) is 0 Å². The van der Waals surface area contributed by atoms with E-state index in [2.05, 4.69) is 14.8 Å². The lowest BCUT2D eigenvalue weighted by atomic mass is 10.2. The van der Waals surface area contributed by atoms with E-state index in [1.807, 2.05) is 35.8 Å². The maximum absolute atomic E-state index is 10.2. The molecule has 0 radical (unpaired) electrons. The minimum absolute atomic E-state index is 0.343. The van der Waals surface area contributed by atoms with Crippen LogP contribution in [0.3, 0.4) is 0 Å². The van der Waals surface area contributed by atoms with Gasteiger partial charge in [0.15, 0.2) is 5.13 Å². The van der Waals surface area contributed by atoms with E-state index in [-0.39, 0.29) is 0 Å². The first-order valence-corrected chi connectivity index (χ1v) is 9.33. The van der Waals surface area contributed by atoms with Gasteiger partial charge in [0, 0.05) is 49.3 Å². The van der Waals surface area contributed by atoms with Crippen molar-refractivity contribution in [2.75, 3.05) is 44.2 Å². The van der Waals surface area contributed by atoms with Crippen LogP contribution in [0.2, 0.25) is 5.02 Å². The average molecular weight is 368 g/mol. The third-order valence-electron chi connectivity index (χ3n) is 4.02. The number of aliphatic hydroxyl groups is 1. The summed E-state index contributed by atoms with van der Waals surface area (Å²) in [6.07, 6.45) is 1.37. The van der Waals surface area contributed by atoms with Crippen LogP contribution in [0, 0.1) is 0 Å². The molecule has 1 aliphatic rings. The van der Waals surface area contributed by atoms with Gasteiger partial charge in [0.1, 0.15) is 0 Å². The number of nitrogens with zero attached hydrogens (tertiary/aromatic N) is 3. The van der Waals surface area contributed by atoms with Crippen molar-refractivity contribution in [1.29, 1.82) is 0 Å². The Bertz CT molecular complexity index is 601. The molecule has 1 fully saturated rings. The van der Waals surface area contributed by atoms with Crippen LogP contribution in [0.4, 0.5) is 5.13 Å². The summed E-state index contributed by atoms with van der Waals surface area (Å²) in [5.41, 5.74) is 1.06. The minimum Gasteiger partial charge on any atom is -0.389 e. The van der Waals surface area contributed by atoms with Crippen LogP contribution in [0.25, 0.3) is 0 Å². The Labute approximate surface area is 151 Å². The molecule has 1 aliphatic heterocycles. The molecule has 1 atom stereocenters. The lowest BCUT2D eigenvalue weighted by Crippen LogP contribution is -2.49. The van der Waals surface area contributed by atoms with Crippen molar-refractivity contribution >= 4 is 28.1 Å². The Kier molecular flexibility index (Phi) is 6.45. The lowest BCUT2D eigenvalue weighted by Gasteiger charge is -2.35. The fourth-order valence-electron chi connectivity index (χ4n) is 2.74. The van der Waals surface area contributed by atoms with Gasteiger partial charge in [0.05, 0.1) is 19.3 Å². The number of aliphatic hydroxyl groups excluding tert-OH is 1. The van der Waals surface area contributed by atoms with Crippen molar-refractivity contribution in [3.8, 4) is 0 Å². The third kappa shape index (κ3) is 5.16. The highest BCUT2D eigenvalue weighted by Crippen LogP contribution is 2.19. The van der Waals surface area contributed by atoms with Crippen molar-refractivity contribution in [3.05, 3.63) is 46.4 Å². The Balaban J connectivity index is 1.34. The standard InChI is InChI=1S/C17H22ClN3O2S/c18-15-3-1-14(2-4-15)12-23-13-16(22)11-20-6-8-21(9-7-20)17-19-5-10-24-17/h1-5,10,16,22H,6-9,11-13H2. The summed E-state index contributed by atoms with van der Waals surface area (Å²) in [5, 5.41) is 14.0. The zero-order valence-electron chi connectivity index (χ0n) is 13.5. The van der Waals surface area contributed by atoms with Gasteiger partial charge in [-0.2, -0.15) is 0 Å². The molecule has 1 aromatic heterocycles. The van der Waals surface area contributed by atoms with Crippen molar-refractivity contribution in [3.63, 3.8) is 0 Å². The van der Waals surface area contributed by atoms with E-state index < -0.39 is 6.10 Å². The van der Waals surface area contributed by atoms with Crippen LogP contribution < -0.4 is 4.90 Å². The number of halogens is 1. The zero-order chi connectivity index (χ0) is 16.8. The van der Waals surface area contributed by atoms with E-state index in [1.165, 1.54) is 0 Å². The molecule has 3 rings (SSSR count). The average Bonchev–Trinajstić information content (AvgIpc) is 3.12. The molecule has 0 bridgehead atoms. The highest BCUT2D eigenvalue weighted by atomic mass is 35.5. The van der Waals surface area contributed by atoms with E-state index in [1.54, 1.807) is 11.3 Å². The van der Waals surface area contributed by atoms with Crippen LogP contribution >= 0.6 is 22.9 Å². The monoisotopic (exact) mass is 367 g/mol. The highest BCUT2D eigenvalue weighted by Gasteiger charge is 2.20.